The van der Waals surface area contributed by atoms with Crippen molar-refractivity contribution < 1.29 is 0 Å². The van der Waals surface area contributed by atoms with Gasteiger partial charge < -0.3 is 9.88 Å². The largest absolute Gasteiger partial charge is 0.313 e. The summed E-state index contributed by atoms with van der Waals surface area (Å²) in [5.74, 6) is 1.12. The van der Waals surface area contributed by atoms with Crippen LogP contribution in [0, 0.1) is 0 Å². The highest BCUT2D eigenvalue weighted by Gasteiger charge is 2.22. The van der Waals surface area contributed by atoms with E-state index in [2.05, 4.69) is 20.1 Å². The molecule has 1 N–H and O–H groups in total. The minimum absolute atomic E-state index is 0.653. The van der Waals surface area contributed by atoms with Gasteiger partial charge in [0.1, 0.15) is 12.2 Å². The van der Waals surface area contributed by atoms with Gasteiger partial charge in [-0.15, -0.1) is 10.2 Å². The maximum Gasteiger partial charge on any atom is 0.147 e. The molecule has 3 rings (SSSR count). The van der Waals surface area contributed by atoms with Crippen LogP contribution in [0.25, 0.3) is 0 Å². The van der Waals surface area contributed by atoms with Crippen molar-refractivity contribution in [3.63, 3.8) is 0 Å². The molecule has 0 atom stereocenters. The summed E-state index contributed by atoms with van der Waals surface area (Å²) in [6, 6.07) is 1.40. The molecule has 0 radical (unpaired) electrons. The highest BCUT2D eigenvalue weighted by molar-refractivity contribution is 4.92. The van der Waals surface area contributed by atoms with Crippen LogP contribution in [0.1, 0.15) is 56.8 Å². The molecule has 0 aliphatic heterocycles. The monoisotopic (exact) mass is 220 g/mol. The third-order valence-corrected chi connectivity index (χ3v) is 3.74. The summed E-state index contributed by atoms with van der Waals surface area (Å²) in [6.45, 7) is 0.890. The van der Waals surface area contributed by atoms with Crippen LogP contribution in [-0.2, 0) is 6.54 Å². The molecule has 0 amide bonds. The number of aromatic nitrogens is 3. The van der Waals surface area contributed by atoms with Crippen molar-refractivity contribution in [1.29, 1.82) is 0 Å². The number of hydrogen-bond donors (Lipinski definition) is 1. The predicted molar refractivity (Wildman–Crippen MR) is 62.0 cm³/mol. The summed E-state index contributed by atoms with van der Waals surface area (Å²) in [5.41, 5.74) is 0. The van der Waals surface area contributed by atoms with E-state index in [1.807, 2.05) is 6.33 Å². The Kier molecular flexibility index (Phi) is 2.91. The molecule has 2 aliphatic rings. The second-order valence-corrected chi connectivity index (χ2v) is 5.10. The fourth-order valence-electron chi connectivity index (χ4n) is 2.58. The minimum atomic E-state index is 0.653. The zero-order chi connectivity index (χ0) is 10.8. The predicted octanol–water partition coefficient (Wildman–Crippen LogP) is 2.04. The van der Waals surface area contributed by atoms with Crippen LogP contribution in [0.5, 0.6) is 0 Å². The average Bonchev–Trinajstić information content (AvgIpc) is 3.05. The molecule has 4 heteroatoms. The van der Waals surface area contributed by atoms with Crippen molar-refractivity contribution in [3.05, 3.63) is 12.2 Å². The standard InChI is InChI=1S/C12H20N4/c1-2-4-11(5-3-1)16-9-14-15-12(16)8-13-10-6-7-10/h9-11,13H,1-8H2. The van der Waals surface area contributed by atoms with E-state index in [0.717, 1.165) is 18.4 Å². The third kappa shape index (κ3) is 2.26. The molecule has 0 unspecified atom stereocenters. The topological polar surface area (TPSA) is 42.7 Å². The molecule has 2 fully saturated rings. The van der Waals surface area contributed by atoms with E-state index in [9.17, 15) is 0 Å². The Labute approximate surface area is 96.4 Å². The van der Waals surface area contributed by atoms with Gasteiger partial charge >= 0.3 is 0 Å². The molecular weight excluding hydrogens is 200 g/mol. The molecule has 1 aromatic heterocycles. The number of hydrogen-bond acceptors (Lipinski definition) is 3. The van der Waals surface area contributed by atoms with Gasteiger partial charge in [0.05, 0.1) is 6.54 Å². The molecule has 0 saturated heterocycles. The van der Waals surface area contributed by atoms with E-state index in [1.54, 1.807) is 0 Å². The smallest absolute Gasteiger partial charge is 0.147 e. The van der Waals surface area contributed by atoms with Gasteiger partial charge in [-0.1, -0.05) is 19.3 Å². The van der Waals surface area contributed by atoms with Crippen molar-refractivity contribution in [2.24, 2.45) is 0 Å². The second kappa shape index (κ2) is 4.53. The Balaban J connectivity index is 1.65. The second-order valence-electron chi connectivity index (χ2n) is 5.10. The maximum atomic E-state index is 4.24. The lowest BCUT2D eigenvalue weighted by atomic mass is 9.95. The van der Waals surface area contributed by atoms with Crippen molar-refractivity contribution in [1.82, 2.24) is 20.1 Å². The van der Waals surface area contributed by atoms with Crippen LogP contribution >= 0.6 is 0 Å². The van der Waals surface area contributed by atoms with Crippen molar-refractivity contribution in [2.75, 3.05) is 0 Å². The average molecular weight is 220 g/mol. The Bertz CT molecular complexity index is 337. The molecule has 2 aliphatic carbocycles. The van der Waals surface area contributed by atoms with E-state index in [-0.39, 0.29) is 0 Å². The van der Waals surface area contributed by atoms with E-state index >= 15 is 0 Å². The highest BCUT2D eigenvalue weighted by Crippen LogP contribution is 2.28. The van der Waals surface area contributed by atoms with Crippen LogP contribution < -0.4 is 5.32 Å². The normalized spacial score (nSPS) is 22.5. The first-order valence-electron chi connectivity index (χ1n) is 6.55. The Morgan fingerprint density at radius 2 is 2.00 bits per heavy atom. The molecule has 0 aromatic carbocycles. The molecule has 88 valence electrons. The fraction of sp³-hybridized carbons (Fsp3) is 0.833. The number of rotatable bonds is 4. The number of nitrogens with zero attached hydrogens (tertiary/aromatic N) is 3. The fourth-order valence-corrected chi connectivity index (χ4v) is 2.58. The van der Waals surface area contributed by atoms with E-state index in [1.165, 1.54) is 44.9 Å². The molecule has 1 aromatic rings. The van der Waals surface area contributed by atoms with Gasteiger partial charge in [-0.25, -0.2) is 0 Å². The van der Waals surface area contributed by atoms with Gasteiger partial charge in [-0.3, -0.25) is 0 Å². The van der Waals surface area contributed by atoms with Gasteiger partial charge in [0.25, 0.3) is 0 Å². The summed E-state index contributed by atoms with van der Waals surface area (Å²) in [6.07, 6.45) is 11.3. The SMILES string of the molecule is c1nnc(CNC2CC2)n1C1CCCCC1. The summed E-state index contributed by atoms with van der Waals surface area (Å²) in [4.78, 5) is 0. The first kappa shape index (κ1) is 10.3. The van der Waals surface area contributed by atoms with Crippen LogP contribution in [0.2, 0.25) is 0 Å². The minimum Gasteiger partial charge on any atom is -0.313 e. The van der Waals surface area contributed by atoms with Crippen molar-refractivity contribution in [3.8, 4) is 0 Å². The molecule has 4 nitrogen and oxygen atoms in total. The van der Waals surface area contributed by atoms with Gasteiger partial charge in [-0.2, -0.15) is 0 Å². The Morgan fingerprint density at radius 1 is 1.19 bits per heavy atom. The lowest BCUT2D eigenvalue weighted by Crippen LogP contribution is -2.21. The maximum absolute atomic E-state index is 4.24. The van der Waals surface area contributed by atoms with Crippen molar-refractivity contribution >= 4 is 0 Å². The van der Waals surface area contributed by atoms with Crippen molar-refractivity contribution in [2.45, 2.75) is 63.6 Å². The molecule has 0 spiro atoms. The lowest BCUT2D eigenvalue weighted by molar-refractivity contribution is 0.343. The number of nitrogens with one attached hydrogen (secondary N) is 1. The Hall–Kier alpha value is -0.900. The quantitative estimate of drug-likeness (QED) is 0.844. The first-order valence-corrected chi connectivity index (χ1v) is 6.55. The highest BCUT2D eigenvalue weighted by atomic mass is 15.3. The van der Waals surface area contributed by atoms with Crippen LogP contribution in [0.3, 0.4) is 0 Å². The van der Waals surface area contributed by atoms with Gasteiger partial charge in [0, 0.05) is 12.1 Å². The van der Waals surface area contributed by atoms with E-state index in [4.69, 9.17) is 0 Å². The van der Waals surface area contributed by atoms with Crippen LogP contribution in [0.15, 0.2) is 6.33 Å². The summed E-state index contributed by atoms with van der Waals surface area (Å²) in [5, 5.41) is 11.8. The molecule has 0 bridgehead atoms. The first-order chi connectivity index (χ1) is 7.93. The summed E-state index contributed by atoms with van der Waals surface area (Å²) >= 11 is 0. The van der Waals surface area contributed by atoms with Gasteiger partial charge in [0.15, 0.2) is 0 Å². The molecule has 2 saturated carbocycles. The summed E-state index contributed by atoms with van der Waals surface area (Å²) < 4.78 is 2.30. The zero-order valence-electron chi connectivity index (χ0n) is 9.73. The third-order valence-electron chi connectivity index (χ3n) is 3.74. The van der Waals surface area contributed by atoms with E-state index < -0.39 is 0 Å². The van der Waals surface area contributed by atoms with Crippen LogP contribution in [0.4, 0.5) is 0 Å². The van der Waals surface area contributed by atoms with Crippen LogP contribution in [-0.4, -0.2) is 20.8 Å². The molecule has 16 heavy (non-hydrogen) atoms. The Morgan fingerprint density at radius 3 is 2.75 bits per heavy atom. The van der Waals surface area contributed by atoms with E-state index in [0.29, 0.717) is 6.04 Å². The lowest BCUT2D eigenvalue weighted by Gasteiger charge is -2.24. The van der Waals surface area contributed by atoms with Gasteiger partial charge in [-0.05, 0) is 25.7 Å². The molecule has 1 heterocycles. The van der Waals surface area contributed by atoms with Gasteiger partial charge in [0.2, 0.25) is 0 Å². The molecular formula is C12H20N4. The zero-order valence-corrected chi connectivity index (χ0v) is 9.73. The summed E-state index contributed by atoms with van der Waals surface area (Å²) in [7, 11) is 0.